The quantitative estimate of drug-likeness (QED) is 0.0963. The van der Waals surface area contributed by atoms with Crippen LogP contribution in [0, 0.1) is 0 Å². The number of fused-ring (bicyclic) bond motifs is 7. The Labute approximate surface area is 647 Å². The Morgan fingerprint density at radius 3 is 0.829 bits per heavy atom. The molecule has 20 rings (SSSR count). The van der Waals surface area contributed by atoms with E-state index >= 15 is 0 Å². The molecule has 5 heteroatoms. The van der Waals surface area contributed by atoms with Crippen LogP contribution in [-0.2, 0) is 6.42 Å². The minimum Gasteiger partial charge on any atom is -0.455 e. The van der Waals surface area contributed by atoms with Gasteiger partial charge in [-0.3, -0.25) is 0 Å². The molecule has 17 aromatic carbocycles. The molecule has 111 heavy (non-hydrogen) atoms. The molecular formula is C106H75N3O2. The molecule has 0 saturated heterocycles. The predicted molar refractivity (Wildman–Crippen MR) is 467 cm³/mol. The number of benzene rings is 17. The second-order valence-electron chi connectivity index (χ2n) is 28.2. The number of nitrogens with zero attached hydrogens (tertiary/aromatic N) is 3. The highest BCUT2D eigenvalue weighted by Gasteiger charge is 2.22. The Hall–Kier alpha value is -14.5. The third-order valence-electron chi connectivity index (χ3n) is 21.5. The summed E-state index contributed by atoms with van der Waals surface area (Å²) in [6.07, 6.45) is 6.75. The number of furan rings is 2. The smallest absolute Gasteiger partial charge is 0.143 e. The molecule has 0 bridgehead atoms. The third-order valence-corrected chi connectivity index (χ3v) is 21.5. The summed E-state index contributed by atoms with van der Waals surface area (Å²) in [6.45, 7) is 0. The standard InChI is InChI=1S/C54H35NO2.C52H40N2/c1-2-10-36(11-3-1)37-20-22-38(23-21-37)39-24-30-42(31-25-39)55(43-32-26-40(27-33-43)45-14-8-16-49-47-12-4-6-18-51(47)56-53(45)49)44-34-28-41(29-35-44)46-15-9-17-50-48-13-5-7-19-52(48)57-54(46)50;1-4-13-39(14-5-1)41-23-31-47(32-24-41)53(48-33-25-42(26-34-48)40-15-6-2-7-16-40)49-35-27-43(28-36-49)44-29-37-50(38-30-44)54(46-19-8-3-9-20-46)52-22-12-18-45-17-10-11-21-51(45)52/h1-35H;1-9,11-16,18-38H,10,17H2. The third kappa shape index (κ3) is 13.5. The van der Waals surface area contributed by atoms with Gasteiger partial charge >= 0.3 is 0 Å². The molecular weight excluding hydrogens is 1350 g/mol. The molecule has 0 saturated carbocycles. The molecule has 526 valence electrons. The second-order valence-corrected chi connectivity index (χ2v) is 28.2. The fraction of sp³-hybridized carbons (Fsp3) is 0.0189. The lowest BCUT2D eigenvalue weighted by Crippen LogP contribution is -2.12. The van der Waals surface area contributed by atoms with E-state index in [4.69, 9.17) is 8.83 Å². The van der Waals surface area contributed by atoms with Gasteiger partial charge in [-0.05, 0) is 200 Å². The van der Waals surface area contributed by atoms with Gasteiger partial charge in [0.15, 0.2) is 0 Å². The van der Waals surface area contributed by atoms with Crippen molar-refractivity contribution in [1.29, 1.82) is 0 Å². The number of anilines is 9. The van der Waals surface area contributed by atoms with Crippen molar-refractivity contribution < 1.29 is 8.83 Å². The largest absolute Gasteiger partial charge is 0.455 e. The highest BCUT2D eigenvalue weighted by atomic mass is 16.3. The first-order valence-electron chi connectivity index (χ1n) is 38.1. The Bertz CT molecular complexity index is 6240. The second kappa shape index (κ2) is 30.0. The van der Waals surface area contributed by atoms with Crippen LogP contribution in [0.2, 0.25) is 0 Å². The Morgan fingerprint density at radius 1 is 0.198 bits per heavy atom. The van der Waals surface area contributed by atoms with Crippen molar-refractivity contribution in [1.82, 2.24) is 0 Å². The molecule has 0 N–H and O–H groups in total. The van der Waals surface area contributed by atoms with Crippen LogP contribution in [-0.4, -0.2) is 0 Å². The van der Waals surface area contributed by atoms with E-state index in [1.54, 1.807) is 0 Å². The maximum Gasteiger partial charge on any atom is 0.143 e. The van der Waals surface area contributed by atoms with Crippen LogP contribution in [0.1, 0.15) is 17.5 Å². The van der Waals surface area contributed by atoms with Gasteiger partial charge in [0.05, 0.1) is 5.69 Å². The Kier molecular flexibility index (Phi) is 18.2. The average Bonchev–Trinajstić information content (AvgIpc) is 1.70. The molecule has 5 nitrogen and oxygen atoms in total. The van der Waals surface area contributed by atoms with E-state index in [2.05, 4.69) is 421 Å². The molecule has 2 heterocycles. The van der Waals surface area contributed by atoms with Gasteiger partial charge in [0.25, 0.3) is 0 Å². The normalized spacial score (nSPS) is 11.7. The molecule has 0 radical (unpaired) electrons. The molecule has 1 aliphatic rings. The van der Waals surface area contributed by atoms with Gasteiger partial charge in [0, 0.05) is 83.7 Å². The lowest BCUT2D eigenvalue weighted by atomic mass is 9.95. The zero-order valence-corrected chi connectivity index (χ0v) is 61.1. The number of hydrogen-bond acceptors (Lipinski definition) is 5. The molecule has 0 atom stereocenters. The van der Waals surface area contributed by atoms with E-state index in [9.17, 15) is 0 Å². The first kappa shape index (κ1) is 67.1. The zero-order valence-electron chi connectivity index (χ0n) is 61.1. The summed E-state index contributed by atoms with van der Waals surface area (Å²) in [5.41, 5.74) is 32.7. The van der Waals surface area contributed by atoms with E-state index in [1.165, 1.54) is 72.4 Å². The van der Waals surface area contributed by atoms with Gasteiger partial charge in [-0.25, -0.2) is 0 Å². The van der Waals surface area contributed by atoms with Crippen LogP contribution in [0.5, 0.6) is 0 Å². The molecule has 1 aliphatic carbocycles. The zero-order chi connectivity index (χ0) is 73.8. The minimum absolute atomic E-state index is 0.901. The summed E-state index contributed by atoms with van der Waals surface area (Å²) in [6, 6.07) is 149. The Balaban J connectivity index is 0.000000150. The van der Waals surface area contributed by atoms with Gasteiger partial charge in [0.2, 0.25) is 0 Å². The first-order valence-corrected chi connectivity index (χ1v) is 38.1. The summed E-state index contributed by atoms with van der Waals surface area (Å²) >= 11 is 0. The van der Waals surface area contributed by atoms with E-state index in [0.717, 1.165) is 124 Å². The van der Waals surface area contributed by atoms with E-state index in [-0.39, 0.29) is 0 Å². The maximum atomic E-state index is 6.41. The van der Waals surface area contributed by atoms with Gasteiger partial charge < -0.3 is 23.5 Å². The van der Waals surface area contributed by atoms with Crippen LogP contribution in [0.25, 0.3) is 128 Å². The van der Waals surface area contributed by atoms with E-state index in [0.29, 0.717) is 0 Å². The van der Waals surface area contributed by atoms with Crippen molar-refractivity contribution in [3.63, 3.8) is 0 Å². The van der Waals surface area contributed by atoms with Crippen LogP contribution < -0.4 is 14.7 Å². The van der Waals surface area contributed by atoms with E-state index in [1.807, 2.05) is 24.3 Å². The monoisotopic (exact) mass is 1420 g/mol. The van der Waals surface area contributed by atoms with Crippen LogP contribution in [0.15, 0.2) is 433 Å². The summed E-state index contributed by atoms with van der Waals surface area (Å²) in [5, 5.41) is 4.52. The highest BCUT2D eigenvalue weighted by Crippen LogP contribution is 2.45. The average molecular weight is 1420 g/mol. The van der Waals surface area contributed by atoms with Crippen LogP contribution in [0.3, 0.4) is 0 Å². The summed E-state index contributed by atoms with van der Waals surface area (Å²) in [4.78, 5) is 7.04. The number of rotatable bonds is 16. The maximum absolute atomic E-state index is 6.41. The number of aryl methyl sites for hydroxylation is 1. The Morgan fingerprint density at radius 2 is 0.468 bits per heavy atom. The van der Waals surface area contributed by atoms with Gasteiger partial charge in [-0.15, -0.1) is 0 Å². The molecule has 0 aliphatic heterocycles. The van der Waals surface area contributed by atoms with Crippen LogP contribution in [0.4, 0.5) is 51.2 Å². The van der Waals surface area contributed by atoms with Crippen molar-refractivity contribution in [3.8, 4) is 77.9 Å². The summed E-state index contributed by atoms with van der Waals surface area (Å²) in [7, 11) is 0. The number of allylic oxidation sites excluding steroid dienone is 1. The van der Waals surface area contributed by atoms with Gasteiger partial charge in [-0.1, -0.05) is 315 Å². The molecule has 0 unspecified atom stereocenters. The fourth-order valence-electron chi connectivity index (χ4n) is 15.8. The van der Waals surface area contributed by atoms with E-state index < -0.39 is 0 Å². The lowest BCUT2D eigenvalue weighted by Gasteiger charge is -2.29. The van der Waals surface area contributed by atoms with Crippen molar-refractivity contribution in [2.45, 2.75) is 12.8 Å². The number of para-hydroxylation sites is 5. The number of hydrogen-bond donors (Lipinski definition) is 0. The molecule has 0 spiro atoms. The SMILES string of the molecule is C1=Cc2c(cccc2N(c2ccccc2)c2ccc(-c3ccc(N(c4ccc(-c5ccccc5)cc4)c4ccc(-c5ccccc5)cc4)cc3)cc2)CC1.c1ccc(-c2ccc(-c3ccc(N(c4ccc(-c5cccc6c5oc5ccccc56)cc4)c4ccc(-c5cccc6c5oc5ccccc56)cc4)cc3)cc2)cc1. The molecule has 0 fully saturated rings. The molecule has 0 amide bonds. The minimum atomic E-state index is 0.901. The van der Waals surface area contributed by atoms with Crippen molar-refractivity contribution in [2.24, 2.45) is 0 Å². The summed E-state index contributed by atoms with van der Waals surface area (Å²) in [5.74, 6) is 0. The molecule has 19 aromatic rings. The lowest BCUT2D eigenvalue weighted by molar-refractivity contribution is 0.669. The summed E-state index contributed by atoms with van der Waals surface area (Å²) < 4.78 is 12.8. The predicted octanol–water partition coefficient (Wildman–Crippen LogP) is 30.2. The van der Waals surface area contributed by atoms with Crippen LogP contribution >= 0.6 is 0 Å². The van der Waals surface area contributed by atoms with Gasteiger partial charge in [0.1, 0.15) is 22.3 Å². The first-order chi connectivity index (χ1) is 55.0. The fourth-order valence-corrected chi connectivity index (χ4v) is 15.8. The van der Waals surface area contributed by atoms with Gasteiger partial charge in [-0.2, -0.15) is 0 Å². The molecule has 2 aromatic heterocycles. The topological polar surface area (TPSA) is 36.0 Å². The highest BCUT2D eigenvalue weighted by molar-refractivity contribution is 6.11. The van der Waals surface area contributed by atoms with Crippen molar-refractivity contribution >= 4 is 101 Å². The van der Waals surface area contributed by atoms with Crippen molar-refractivity contribution in [2.75, 3.05) is 14.7 Å². The van der Waals surface area contributed by atoms with Crippen molar-refractivity contribution in [3.05, 3.63) is 436 Å².